The van der Waals surface area contributed by atoms with Crippen molar-refractivity contribution in [3.63, 3.8) is 0 Å². The van der Waals surface area contributed by atoms with Crippen molar-refractivity contribution in [2.75, 3.05) is 20.1 Å². The number of rotatable bonds is 9. The molecule has 0 aromatic heterocycles. The van der Waals surface area contributed by atoms with Crippen LogP contribution in [0.1, 0.15) is 73.8 Å². The van der Waals surface area contributed by atoms with E-state index in [1.165, 1.54) is 12.5 Å². The van der Waals surface area contributed by atoms with Crippen molar-refractivity contribution >= 4 is 17.7 Å². The molecule has 0 bridgehead atoms. The number of hydrogen-bond acceptors (Lipinski definition) is 4. The fraction of sp³-hybridized carbons (Fsp3) is 0.500. The van der Waals surface area contributed by atoms with E-state index < -0.39 is 0 Å². The van der Waals surface area contributed by atoms with E-state index >= 15 is 0 Å². The van der Waals surface area contributed by atoms with Crippen LogP contribution in [0.4, 0.5) is 0 Å². The molecule has 1 rings (SSSR count). The molecule has 0 spiro atoms. The topological polar surface area (TPSA) is 127 Å². The predicted octanol–water partition coefficient (Wildman–Crippen LogP) is 5.32. The maximum atomic E-state index is 10.1. The van der Waals surface area contributed by atoms with Crippen LogP contribution in [-0.2, 0) is 20.8 Å². The highest BCUT2D eigenvalue weighted by Gasteiger charge is 1.96. The zero-order chi connectivity index (χ0) is 30.1. The second-order valence-corrected chi connectivity index (χ2v) is 7.64. The van der Waals surface area contributed by atoms with Gasteiger partial charge in [0.15, 0.2) is 0 Å². The van der Waals surface area contributed by atoms with Gasteiger partial charge in [-0.15, -0.1) is 0 Å². The molecule has 0 aliphatic rings. The van der Waals surface area contributed by atoms with Crippen molar-refractivity contribution in [2.24, 2.45) is 17.4 Å². The third-order valence-corrected chi connectivity index (χ3v) is 3.82. The van der Waals surface area contributed by atoms with Crippen molar-refractivity contribution in [1.82, 2.24) is 10.6 Å². The number of likely N-dealkylation sites (N-methyl/N-ethyl adjacent to an activating group) is 1. The molecular weight excluding hydrogens is 464 g/mol. The number of amides is 3. The SMILES string of the molecule is C=C/C=C(/C)C=C.CC.CC(C)CCC(N)=O.CCNCC(N)=O.CCc1ccccc1.CNC(C)=O. The lowest BCUT2D eigenvalue weighted by Gasteiger charge is -1.98. The first-order valence-electron chi connectivity index (χ1n) is 12.8. The van der Waals surface area contributed by atoms with Gasteiger partial charge in [-0.25, -0.2) is 0 Å². The Kier molecular flexibility index (Phi) is 44.3. The zero-order valence-corrected chi connectivity index (χ0v) is 25.0. The summed E-state index contributed by atoms with van der Waals surface area (Å²) < 4.78 is 0. The normalized spacial score (nSPS) is 8.86. The minimum Gasteiger partial charge on any atom is -0.370 e. The van der Waals surface area contributed by atoms with Crippen molar-refractivity contribution in [2.45, 2.75) is 74.7 Å². The molecule has 0 aliphatic heterocycles. The number of benzene rings is 1. The maximum absolute atomic E-state index is 10.1. The highest BCUT2D eigenvalue weighted by molar-refractivity contribution is 5.75. The van der Waals surface area contributed by atoms with Crippen molar-refractivity contribution in [1.29, 1.82) is 0 Å². The van der Waals surface area contributed by atoms with Crippen LogP contribution in [0, 0.1) is 5.92 Å². The standard InChI is InChI=1S/C8H10.C7H10.C6H13NO.C4H10N2O.C3H7NO.C2H6/c1-2-8-6-4-3-5-7-8;1-4-6-7(3)5-2;1-5(2)3-4-6(7)8;1-2-6-3-4(5)7;1-3(5)4-2;1-2/h3-7H,2H2,1H3;4-6H,1-2H2,3H3;5H,3-4H2,1-2H3,(H2,7,8);6H,2-3H2,1H3,(H2,5,7);1-2H3,(H,4,5);1-2H3/b;7-6-;;;;. The van der Waals surface area contributed by atoms with Crippen LogP contribution < -0.4 is 22.1 Å². The molecule has 3 amide bonds. The number of allylic oxidation sites excluding steroid dienone is 4. The molecule has 0 aliphatic carbocycles. The molecule has 0 saturated heterocycles. The molecular formula is C30H56N4O3. The van der Waals surface area contributed by atoms with Crippen LogP contribution in [-0.4, -0.2) is 37.9 Å². The van der Waals surface area contributed by atoms with Crippen molar-refractivity contribution < 1.29 is 14.4 Å². The van der Waals surface area contributed by atoms with Crippen molar-refractivity contribution in [3.05, 3.63) is 72.9 Å². The quantitative estimate of drug-likeness (QED) is 0.328. The van der Waals surface area contributed by atoms with Gasteiger partial charge in [0.2, 0.25) is 17.7 Å². The Morgan fingerprint density at radius 3 is 1.62 bits per heavy atom. The first-order chi connectivity index (χ1) is 17.4. The summed E-state index contributed by atoms with van der Waals surface area (Å²) in [4.78, 5) is 29.7. The molecule has 0 atom stereocenters. The molecule has 0 heterocycles. The van der Waals surface area contributed by atoms with Crippen LogP contribution >= 0.6 is 0 Å². The van der Waals surface area contributed by atoms with E-state index in [4.69, 9.17) is 11.5 Å². The summed E-state index contributed by atoms with van der Waals surface area (Å²) in [6.45, 7) is 23.8. The minimum atomic E-state index is -0.304. The van der Waals surface area contributed by atoms with Gasteiger partial charge in [-0.05, 0) is 37.8 Å². The summed E-state index contributed by atoms with van der Waals surface area (Å²) in [7, 11) is 1.60. The summed E-state index contributed by atoms with van der Waals surface area (Å²) >= 11 is 0. The van der Waals surface area contributed by atoms with Gasteiger partial charge >= 0.3 is 0 Å². The number of carbonyl (C=O) groups is 3. The third kappa shape index (κ3) is 59.9. The summed E-state index contributed by atoms with van der Waals surface area (Å²) in [5.41, 5.74) is 12.2. The van der Waals surface area contributed by atoms with Crippen LogP contribution in [0.15, 0.2) is 67.3 Å². The van der Waals surface area contributed by atoms with Crippen LogP contribution in [0.5, 0.6) is 0 Å². The first-order valence-corrected chi connectivity index (χ1v) is 12.8. The average molecular weight is 521 g/mol. The third-order valence-electron chi connectivity index (χ3n) is 3.82. The largest absolute Gasteiger partial charge is 0.370 e. The Morgan fingerprint density at radius 1 is 0.973 bits per heavy atom. The lowest BCUT2D eigenvalue weighted by atomic mass is 10.1. The van der Waals surface area contributed by atoms with E-state index in [0.717, 1.165) is 25.0 Å². The van der Waals surface area contributed by atoms with Gasteiger partial charge < -0.3 is 22.1 Å². The average Bonchev–Trinajstić information content (AvgIpc) is 2.89. The van der Waals surface area contributed by atoms with Crippen LogP contribution in [0.2, 0.25) is 0 Å². The molecule has 6 N–H and O–H groups in total. The van der Waals surface area contributed by atoms with E-state index in [0.29, 0.717) is 12.3 Å². The number of primary amides is 2. The number of nitrogens with one attached hydrogen (secondary N) is 2. The number of hydrogen-bond donors (Lipinski definition) is 4. The Bertz CT molecular complexity index is 700. The van der Waals surface area contributed by atoms with Gasteiger partial charge in [0.1, 0.15) is 0 Å². The summed E-state index contributed by atoms with van der Waals surface area (Å²) in [6.07, 6.45) is 8.03. The molecule has 7 nitrogen and oxygen atoms in total. The molecule has 0 radical (unpaired) electrons. The van der Waals surface area contributed by atoms with Crippen molar-refractivity contribution in [3.8, 4) is 0 Å². The Hall–Kier alpha value is -3.19. The van der Waals surface area contributed by atoms with Crippen LogP contribution in [0.25, 0.3) is 0 Å². The second-order valence-electron chi connectivity index (χ2n) is 7.64. The smallest absolute Gasteiger partial charge is 0.231 e. The van der Waals surface area contributed by atoms with E-state index in [1.807, 2.05) is 39.8 Å². The zero-order valence-electron chi connectivity index (χ0n) is 25.0. The predicted molar refractivity (Wildman–Crippen MR) is 162 cm³/mol. The second kappa shape index (κ2) is 37.4. The molecule has 0 fully saturated rings. The summed E-state index contributed by atoms with van der Waals surface area (Å²) in [5.74, 6) is 0.0908. The van der Waals surface area contributed by atoms with E-state index in [-0.39, 0.29) is 24.3 Å². The summed E-state index contributed by atoms with van der Waals surface area (Å²) in [5, 5.41) is 5.16. The molecule has 1 aromatic carbocycles. The lowest BCUT2D eigenvalue weighted by Crippen LogP contribution is -2.28. The van der Waals surface area contributed by atoms with Crippen LogP contribution in [0.3, 0.4) is 0 Å². The molecule has 37 heavy (non-hydrogen) atoms. The molecule has 1 aromatic rings. The maximum Gasteiger partial charge on any atom is 0.231 e. The molecule has 0 saturated carbocycles. The van der Waals surface area contributed by atoms with E-state index in [2.05, 4.69) is 68.8 Å². The highest BCUT2D eigenvalue weighted by atomic mass is 16.2. The number of aryl methyl sites for hydroxylation is 1. The van der Waals surface area contributed by atoms with Gasteiger partial charge in [-0.1, -0.05) is 109 Å². The lowest BCUT2D eigenvalue weighted by molar-refractivity contribution is -0.119. The minimum absolute atomic E-state index is 0.00463. The van der Waals surface area contributed by atoms with E-state index in [1.54, 1.807) is 19.2 Å². The number of carbonyl (C=O) groups excluding carboxylic acids is 3. The summed E-state index contributed by atoms with van der Waals surface area (Å²) in [6, 6.07) is 10.5. The number of nitrogens with two attached hydrogens (primary N) is 2. The van der Waals surface area contributed by atoms with Gasteiger partial charge in [-0.3, -0.25) is 14.4 Å². The van der Waals surface area contributed by atoms with Gasteiger partial charge in [-0.2, -0.15) is 0 Å². The Labute approximate surface area is 227 Å². The Morgan fingerprint density at radius 2 is 1.46 bits per heavy atom. The first kappa shape index (κ1) is 43.9. The fourth-order valence-corrected chi connectivity index (χ4v) is 1.65. The van der Waals surface area contributed by atoms with Gasteiger partial charge in [0.05, 0.1) is 6.54 Å². The molecule has 7 heteroatoms. The molecule has 0 unspecified atom stereocenters. The van der Waals surface area contributed by atoms with Gasteiger partial charge in [0.25, 0.3) is 0 Å². The molecule has 214 valence electrons. The fourth-order valence-electron chi connectivity index (χ4n) is 1.65. The highest BCUT2D eigenvalue weighted by Crippen LogP contribution is 2.01. The Balaban J connectivity index is -0.000000114. The van der Waals surface area contributed by atoms with E-state index in [9.17, 15) is 14.4 Å². The van der Waals surface area contributed by atoms with Gasteiger partial charge in [0, 0.05) is 20.4 Å². The monoisotopic (exact) mass is 520 g/mol.